The Balaban J connectivity index is 3.82. The lowest BCUT2D eigenvalue weighted by atomic mass is 9.99. The average molecular weight is 416 g/mol. The summed E-state index contributed by atoms with van der Waals surface area (Å²) in [6, 6.07) is -1.05. The zero-order valence-corrected chi connectivity index (χ0v) is 17.9. The van der Waals surface area contributed by atoms with Crippen molar-refractivity contribution in [2.24, 2.45) is 0 Å². The lowest BCUT2D eigenvalue weighted by Gasteiger charge is -2.25. The summed E-state index contributed by atoms with van der Waals surface area (Å²) in [4.78, 5) is 21.9. The maximum Gasteiger partial charge on any atom is 0.328 e. The Bertz CT molecular complexity index is 455. The van der Waals surface area contributed by atoms with E-state index in [1.165, 1.54) is 57.8 Å². The van der Waals surface area contributed by atoms with Crippen LogP contribution in [0, 0.1) is 0 Å². The van der Waals surface area contributed by atoms with Crippen molar-refractivity contribution in [1.29, 1.82) is 0 Å². The van der Waals surface area contributed by atoms with Gasteiger partial charge in [0.1, 0.15) is 6.10 Å². The minimum atomic E-state index is -1.31. The third kappa shape index (κ3) is 16.1. The Morgan fingerprint density at radius 1 is 0.828 bits per heavy atom. The number of aliphatic hydroxyl groups is 3. The molecule has 1 amide bonds. The molecule has 0 aliphatic heterocycles. The first-order valence-electron chi connectivity index (χ1n) is 11.1. The van der Waals surface area contributed by atoms with Crippen molar-refractivity contribution in [3.05, 3.63) is 12.2 Å². The van der Waals surface area contributed by atoms with Crippen molar-refractivity contribution in [2.45, 2.75) is 109 Å². The number of rotatable bonds is 19. The molecule has 0 aliphatic carbocycles. The SMILES string of the molecule is CCCCCCCCCCCCCC[C@@H](O)[C@@H](O)[C@H](CO)NC(=O)/C=C\C(=O)O. The van der Waals surface area contributed by atoms with Gasteiger partial charge in [0.25, 0.3) is 0 Å². The molecule has 0 aliphatic rings. The molecule has 0 bridgehead atoms. The quantitative estimate of drug-likeness (QED) is 0.163. The summed E-state index contributed by atoms with van der Waals surface area (Å²) in [7, 11) is 0. The predicted molar refractivity (Wildman–Crippen MR) is 114 cm³/mol. The molecule has 3 atom stereocenters. The summed E-state index contributed by atoms with van der Waals surface area (Å²) in [5.41, 5.74) is 0. The van der Waals surface area contributed by atoms with Crippen molar-refractivity contribution in [3.8, 4) is 0 Å². The Labute approximate surface area is 175 Å². The fourth-order valence-corrected chi connectivity index (χ4v) is 3.25. The van der Waals surface area contributed by atoms with Crippen LogP contribution in [0.4, 0.5) is 0 Å². The molecule has 0 aromatic carbocycles. The average Bonchev–Trinajstić information content (AvgIpc) is 2.70. The molecule has 7 nitrogen and oxygen atoms in total. The molecule has 0 spiro atoms. The van der Waals surface area contributed by atoms with Crippen LogP contribution in [0.15, 0.2) is 12.2 Å². The van der Waals surface area contributed by atoms with Gasteiger partial charge in [0.05, 0.1) is 18.8 Å². The number of hydrogen-bond acceptors (Lipinski definition) is 5. The Morgan fingerprint density at radius 2 is 1.31 bits per heavy atom. The van der Waals surface area contributed by atoms with Gasteiger partial charge in [-0.25, -0.2) is 4.79 Å². The molecule has 0 rings (SSSR count). The van der Waals surface area contributed by atoms with Crippen LogP contribution in [0.1, 0.15) is 90.4 Å². The Kier molecular flexibility index (Phi) is 17.7. The van der Waals surface area contributed by atoms with Crippen LogP contribution in [0.2, 0.25) is 0 Å². The zero-order valence-electron chi connectivity index (χ0n) is 17.9. The van der Waals surface area contributed by atoms with Gasteiger partial charge >= 0.3 is 5.97 Å². The number of carboxylic acids is 1. The molecular formula is C22H41NO6. The lowest BCUT2D eigenvalue weighted by Crippen LogP contribution is -2.50. The normalized spacial score (nSPS) is 14.6. The molecule has 0 unspecified atom stereocenters. The van der Waals surface area contributed by atoms with Crippen LogP contribution in [0.5, 0.6) is 0 Å². The fourth-order valence-electron chi connectivity index (χ4n) is 3.25. The predicted octanol–water partition coefficient (Wildman–Crippen LogP) is 2.92. The van der Waals surface area contributed by atoms with E-state index in [0.717, 1.165) is 25.3 Å². The number of nitrogens with one attached hydrogen (secondary N) is 1. The number of carboxylic acid groups (broad SMARTS) is 1. The first-order valence-corrected chi connectivity index (χ1v) is 11.1. The number of carbonyl (C=O) groups excluding carboxylic acids is 1. The van der Waals surface area contributed by atoms with E-state index < -0.39 is 36.7 Å². The van der Waals surface area contributed by atoms with Crippen LogP contribution in [-0.2, 0) is 9.59 Å². The van der Waals surface area contributed by atoms with E-state index in [0.29, 0.717) is 12.5 Å². The summed E-state index contributed by atoms with van der Waals surface area (Å²) < 4.78 is 0. The number of aliphatic hydroxyl groups excluding tert-OH is 3. The van der Waals surface area contributed by atoms with Crippen LogP contribution >= 0.6 is 0 Å². The molecule has 29 heavy (non-hydrogen) atoms. The molecule has 170 valence electrons. The standard InChI is InChI=1S/C22H41NO6/c1-2-3-4-5-6-7-8-9-10-11-12-13-14-19(25)22(29)18(17-24)23-20(26)15-16-21(27)28/h15-16,18-19,22,24-25,29H,2-14,17H2,1H3,(H,23,26)(H,27,28)/b16-15-/t18-,19+,22-/m0/s1. The molecule has 0 heterocycles. The smallest absolute Gasteiger partial charge is 0.328 e. The van der Waals surface area contributed by atoms with Gasteiger partial charge in [-0.3, -0.25) is 4.79 Å². The minimum Gasteiger partial charge on any atom is -0.478 e. The van der Waals surface area contributed by atoms with Crippen molar-refractivity contribution in [3.63, 3.8) is 0 Å². The van der Waals surface area contributed by atoms with E-state index in [-0.39, 0.29) is 0 Å². The van der Waals surface area contributed by atoms with E-state index in [1.807, 2.05) is 0 Å². The van der Waals surface area contributed by atoms with E-state index in [9.17, 15) is 24.9 Å². The lowest BCUT2D eigenvalue weighted by molar-refractivity contribution is -0.131. The van der Waals surface area contributed by atoms with Gasteiger partial charge in [-0.2, -0.15) is 0 Å². The highest BCUT2D eigenvalue weighted by Gasteiger charge is 2.26. The summed E-state index contributed by atoms with van der Waals surface area (Å²) >= 11 is 0. The van der Waals surface area contributed by atoms with Crippen molar-refractivity contribution < 1.29 is 30.0 Å². The molecule has 0 radical (unpaired) electrons. The fraction of sp³-hybridized carbons (Fsp3) is 0.818. The minimum absolute atomic E-state index is 0.385. The second-order valence-electron chi connectivity index (χ2n) is 7.70. The molecule has 0 fully saturated rings. The van der Waals surface area contributed by atoms with E-state index in [4.69, 9.17) is 5.11 Å². The second-order valence-corrected chi connectivity index (χ2v) is 7.70. The van der Waals surface area contributed by atoms with Gasteiger partial charge in [0, 0.05) is 12.2 Å². The highest BCUT2D eigenvalue weighted by molar-refractivity contribution is 5.94. The van der Waals surface area contributed by atoms with Gasteiger partial charge in [-0.15, -0.1) is 0 Å². The number of hydrogen-bond donors (Lipinski definition) is 5. The van der Waals surface area contributed by atoms with Gasteiger partial charge in [0.2, 0.25) is 5.91 Å². The van der Waals surface area contributed by atoms with Crippen LogP contribution < -0.4 is 5.32 Å². The maximum absolute atomic E-state index is 11.6. The molecule has 0 aromatic heterocycles. The van der Waals surface area contributed by atoms with Gasteiger partial charge < -0.3 is 25.7 Å². The zero-order chi connectivity index (χ0) is 21.9. The monoisotopic (exact) mass is 415 g/mol. The highest BCUT2D eigenvalue weighted by Crippen LogP contribution is 2.14. The first-order chi connectivity index (χ1) is 13.9. The van der Waals surface area contributed by atoms with Crippen LogP contribution in [0.25, 0.3) is 0 Å². The van der Waals surface area contributed by atoms with E-state index >= 15 is 0 Å². The largest absolute Gasteiger partial charge is 0.478 e. The number of amides is 1. The topological polar surface area (TPSA) is 127 Å². The molecule has 7 heteroatoms. The summed E-state index contributed by atoms with van der Waals surface area (Å²) in [5.74, 6) is -2.02. The molecule has 0 saturated heterocycles. The third-order valence-corrected chi connectivity index (χ3v) is 5.06. The third-order valence-electron chi connectivity index (χ3n) is 5.06. The van der Waals surface area contributed by atoms with E-state index in [1.54, 1.807) is 0 Å². The first kappa shape index (κ1) is 27.6. The van der Waals surface area contributed by atoms with Gasteiger partial charge in [0.15, 0.2) is 0 Å². The molecular weight excluding hydrogens is 374 g/mol. The van der Waals surface area contributed by atoms with Crippen molar-refractivity contribution in [2.75, 3.05) is 6.61 Å². The summed E-state index contributed by atoms with van der Waals surface area (Å²) in [5, 5.41) is 40.3. The van der Waals surface area contributed by atoms with E-state index in [2.05, 4.69) is 12.2 Å². The summed E-state index contributed by atoms with van der Waals surface area (Å²) in [6.07, 6.45) is 14.0. The number of carbonyl (C=O) groups is 2. The number of aliphatic carboxylic acids is 1. The highest BCUT2D eigenvalue weighted by atomic mass is 16.4. The maximum atomic E-state index is 11.6. The second kappa shape index (κ2) is 18.6. The van der Waals surface area contributed by atoms with Gasteiger partial charge in [-0.1, -0.05) is 84.0 Å². The molecule has 0 saturated carbocycles. The number of unbranched alkanes of at least 4 members (excludes halogenated alkanes) is 11. The Hall–Kier alpha value is -1.44. The molecule has 0 aromatic rings. The van der Waals surface area contributed by atoms with Crippen molar-refractivity contribution in [1.82, 2.24) is 5.32 Å². The molecule has 5 N–H and O–H groups in total. The van der Waals surface area contributed by atoms with Crippen molar-refractivity contribution >= 4 is 11.9 Å². The van der Waals surface area contributed by atoms with Crippen LogP contribution in [0.3, 0.4) is 0 Å². The summed E-state index contributed by atoms with van der Waals surface area (Å²) in [6.45, 7) is 1.68. The van der Waals surface area contributed by atoms with Gasteiger partial charge in [-0.05, 0) is 6.42 Å². The van der Waals surface area contributed by atoms with Crippen LogP contribution in [-0.4, -0.2) is 57.2 Å². The Morgan fingerprint density at radius 3 is 1.76 bits per heavy atom.